The second-order valence-corrected chi connectivity index (χ2v) is 11.9. The average Bonchev–Trinajstić information content (AvgIpc) is 3.12. The fraction of sp³-hybridized carbons (Fsp3) is 0.962. The molecule has 4 aliphatic rings. The summed E-state index contributed by atoms with van der Waals surface area (Å²) >= 11 is 0. The van der Waals surface area contributed by atoms with E-state index < -0.39 is 5.97 Å². The SMILES string of the molecule is C[C@H](CCC(=O)O)[C@H]1CC[C@H]2[C@@H]3CC[C@@H]4C[C@H](O)CC[C@]4(C)[C@H]3C[C@H](O)[C@]12C.NCCN. The highest BCUT2D eigenvalue weighted by molar-refractivity contribution is 5.66. The topological polar surface area (TPSA) is 130 Å². The second-order valence-electron chi connectivity index (χ2n) is 11.9. The summed E-state index contributed by atoms with van der Waals surface area (Å²) in [7, 11) is 0. The molecule has 0 unspecified atom stereocenters. The normalized spacial score (nSPS) is 46.2. The van der Waals surface area contributed by atoms with Crippen molar-refractivity contribution in [3.05, 3.63) is 0 Å². The van der Waals surface area contributed by atoms with Gasteiger partial charge in [0.2, 0.25) is 0 Å². The molecule has 0 radical (unpaired) electrons. The first-order valence-electron chi connectivity index (χ1n) is 13.1. The Morgan fingerprint density at radius 1 is 1.00 bits per heavy atom. The molecule has 0 saturated heterocycles. The number of rotatable bonds is 5. The quantitative estimate of drug-likeness (QED) is 0.435. The molecule has 32 heavy (non-hydrogen) atoms. The number of hydrogen-bond donors (Lipinski definition) is 5. The molecule has 10 atom stereocenters. The third-order valence-corrected chi connectivity index (χ3v) is 10.5. The molecule has 0 spiro atoms. The number of carbonyl (C=O) groups is 1. The van der Waals surface area contributed by atoms with Crippen LogP contribution < -0.4 is 11.5 Å². The fourth-order valence-corrected chi connectivity index (χ4v) is 8.71. The van der Waals surface area contributed by atoms with Gasteiger partial charge in [-0.2, -0.15) is 0 Å². The van der Waals surface area contributed by atoms with E-state index in [9.17, 15) is 15.0 Å². The fourth-order valence-electron chi connectivity index (χ4n) is 8.71. The Bertz CT molecular complexity index is 643. The summed E-state index contributed by atoms with van der Waals surface area (Å²) in [6, 6.07) is 0. The highest BCUT2D eigenvalue weighted by Crippen LogP contribution is 2.68. The van der Waals surface area contributed by atoms with E-state index in [2.05, 4.69) is 20.8 Å². The van der Waals surface area contributed by atoms with Crippen LogP contribution in [-0.4, -0.2) is 46.6 Å². The number of carboxylic acids is 1. The summed E-state index contributed by atoms with van der Waals surface area (Å²) in [4.78, 5) is 11.1. The van der Waals surface area contributed by atoms with Crippen LogP contribution in [0.1, 0.15) is 85.0 Å². The maximum absolute atomic E-state index is 11.5. The molecule has 6 heteroatoms. The molecule has 0 aromatic rings. The zero-order chi connectivity index (χ0) is 23.7. The van der Waals surface area contributed by atoms with E-state index in [1.165, 1.54) is 19.3 Å². The molecule has 7 N–H and O–H groups in total. The lowest BCUT2D eigenvalue weighted by Gasteiger charge is -2.62. The van der Waals surface area contributed by atoms with Crippen LogP contribution in [-0.2, 0) is 4.79 Å². The van der Waals surface area contributed by atoms with Crippen molar-refractivity contribution < 1.29 is 20.1 Å². The molecule has 4 saturated carbocycles. The Kier molecular flexibility index (Phi) is 8.33. The van der Waals surface area contributed by atoms with Crippen LogP contribution in [0, 0.1) is 46.3 Å². The van der Waals surface area contributed by atoms with Crippen LogP contribution in [0.2, 0.25) is 0 Å². The highest BCUT2D eigenvalue weighted by Gasteiger charge is 2.63. The first-order valence-corrected chi connectivity index (χ1v) is 13.1. The van der Waals surface area contributed by atoms with Crippen molar-refractivity contribution in [2.45, 2.75) is 97.2 Å². The number of aliphatic carboxylic acids is 1. The Hall–Kier alpha value is -0.690. The Morgan fingerprint density at radius 2 is 1.69 bits per heavy atom. The monoisotopic (exact) mass is 452 g/mol. The number of aliphatic hydroxyl groups is 2. The van der Waals surface area contributed by atoms with Crippen LogP contribution in [0.5, 0.6) is 0 Å². The third kappa shape index (κ3) is 4.62. The van der Waals surface area contributed by atoms with Crippen molar-refractivity contribution in [2.75, 3.05) is 13.1 Å². The van der Waals surface area contributed by atoms with Crippen LogP contribution >= 0.6 is 0 Å². The molecule has 4 aliphatic carbocycles. The Morgan fingerprint density at radius 3 is 2.31 bits per heavy atom. The summed E-state index contributed by atoms with van der Waals surface area (Å²) in [5, 5.41) is 30.8. The molecule has 0 bridgehead atoms. The number of fused-ring (bicyclic) bond motifs is 5. The maximum Gasteiger partial charge on any atom is 0.303 e. The highest BCUT2D eigenvalue weighted by atomic mass is 16.4. The van der Waals surface area contributed by atoms with Crippen molar-refractivity contribution in [3.8, 4) is 0 Å². The van der Waals surface area contributed by atoms with Gasteiger partial charge < -0.3 is 26.8 Å². The van der Waals surface area contributed by atoms with E-state index in [0.29, 0.717) is 48.6 Å². The van der Waals surface area contributed by atoms with Crippen molar-refractivity contribution >= 4 is 5.97 Å². The van der Waals surface area contributed by atoms with Gasteiger partial charge in [-0.15, -0.1) is 0 Å². The molecular weight excluding hydrogens is 404 g/mol. The van der Waals surface area contributed by atoms with E-state index in [4.69, 9.17) is 16.6 Å². The van der Waals surface area contributed by atoms with E-state index >= 15 is 0 Å². The largest absolute Gasteiger partial charge is 0.481 e. The van der Waals surface area contributed by atoms with Gasteiger partial charge in [-0.05, 0) is 104 Å². The first-order chi connectivity index (χ1) is 15.1. The van der Waals surface area contributed by atoms with Gasteiger partial charge >= 0.3 is 5.97 Å². The van der Waals surface area contributed by atoms with Gasteiger partial charge in [0.25, 0.3) is 0 Å². The van der Waals surface area contributed by atoms with Gasteiger partial charge in [-0.3, -0.25) is 4.79 Å². The number of aliphatic hydroxyl groups excluding tert-OH is 2. The lowest BCUT2D eigenvalue weighted by molar-refractivity contribution is -0.175. The third-order valence-electron chi connectivity index (χ3n) is 10.5. The first kappa shape index (κ1) is 25.9. The molecule has 0 aliphatic heterocycles. The summed E-state index contributed by atoms with van der Waals surface area (Å²) in [5.74, 6) is 2.55. The van der Waals surface area contributed by atoms with Gasteiger partial charge in [0.15, 0.2) is 0 Å². The lowest BCUT2D eigenvalue weighted by atomic mass is 9.43. The van der Waals surface area contributed by atoms with E-state index in [-0.39, 0.29) is 29.5 Å². The zero-order valence-corrected chi connectivity index (χ0v) is 20.5. The van der Waals surface area contributed by atoms with Crippen LogP contribution in [0.4, 0.5) is 0 Å². The molecular formula is C26H48N2O4. The lowest BCUT2D eigenvalue weighted by Crippen LogP contribution is -2.58. The van der Waals surface area contributed by atoms with Crippen molar-refractivity contribution in [2.24, 2.45) is 57.8 Å². The molecule has 4 rings (SSSR count). The molecule has 4 fully saturated rings. The van der Waals surface area contributed by atoms with E-state index in [0.717, 1.165) is 38.5 Å². The summed E-state index contributed by atoms with van der Waals surface area (Å²) < 4.78 is 0. The van der Waals surface area contributed by atoms with Gasteiger partial charge in [-0.1, -0.05) is 20.8 Å². The van der Waals surface area contributed by atoms with E-state index in [1.807, 2.05) is 0 Å². The minimum absolute atomic E-state index is 0.0591. The maximum atomic E-state index is 11.5. The molecule has 0 aromatic heterocycles. The van der Waals surface area contributed by atoms with Crippen molar-refractivity contribution in [3.63, 3.8) is 0 Å². The number of hydrogen-bond acceptors (Lipinski definition) is 5. The average molecular weight is 453 g/mol. The molecule has 0 aromatic carbocycles. The smallest absolute Gasteiger partial charge is 0.303 e. The minimum atomic E-state index is -0.707. The second kappa shape index (κ2) is 10.3. The predicted octanol–water partition coefficient (Wildman–Crippen LogP) is 3.38. The standard InChI is InChI=1S/C24H40O4.C2H8N2/c1-14(4-9-22(27)28)18-7-8-19-17-6-5-15-12-16(25)10-11-23(15,2)20(17)13-21(26)24(18,19)3;3-1-2-4/h14-21,25-26H,4-13H2,1-3H3,(H,27,28);1-4H2/t14-,15-,16-,17+,18-,19+,20+,21+,23+,24-;/m1./s1. The summed E-state index contributed by atoms with van der Waals surface area (Å²) in [6.07, 6.45) is 9.26. The minimum Gasteiger partial charge on any atom is -0.481 e. The van der Waals surface area contributed by atoms with Gasteiger partial charge in [0.1, 0.15) is 0 Å². The molecule has 0 heterocycles. The predicted molar refractivity (Wildman–Crippen MR) is 127 cm³/mol. The van der Waals surface area contributed by atoms with Gasteiger partial charge in [0.05, 0.1) is 12.2 Å². The Labute approximate surface area is 194 Å². The molecule has 6 nitrogen and oxygen atoms in total. The van der Waals surface area contributed by atoms with E-state index in [1.54, 1.807) is 0 Å². The summed E-state index contributed by atoms with van der Waals surface area (Å²) in [6.45, 7) is 8.19. The summed E-state index contributed by atoms with van der Waals surface area (Å²) in [5.41, 5.74) is 10.0. The van der Waals surface area contributed by atoms with Crippen molar-refractivity contribution in [1.82, 2.24) is 0 Å². The number of carboxylic acid groups (broad SMARTS) is 1. The van der Waals surface area contributed by atoms with Crippen molar-refractivity contribution in [1.29, 1.82) is 0 Å². The number of nitrogens with two attached hydrogens (primary N) is 2. The van der Waals surface area contributed by atoms with Gasteiger partial charge in [-0.25, -0.2) is 0 Å². The van der Waals surface area contributed by atoms with Crippen LogP contribution in [0.3, 0.4) is 0 Å². The van der Waals surface area contributed by atoms with Crippen LogP contribution in [0.25, 0.3) is 0 Å². The van der Waals surface area contributed by atoms with Gasteiger partial charge in [0, 0.05) is 19.5 Å². The molecule has 0 amide bonds. The zero-order valence-electron chi connectivity index (χ0n) is 20.5. The molecule has 186 valence electrons. The Balaban J connectivity index is 0.000000668. The van der Waals surface area contributed by atoms with Crippen LogP contribution in [0.15, 0.2) is 0 Å².